The van der Waals surface area contributed by atoms with Gasteiger partial charge < -0.3 is 5.73 Å². The minimum absolute atomic E-state index is 0.372. The molecule has 0 amide bonds. The minimum atomic E-state index is 0.372. The average molecular weight is 391 g/mol. The van der Waals surface area contributed by atoms with E-state index < -0.39 is 0 Å². The zero-order valence-electron chi connectivity index (χ0n) is 15.3. The van der Waals surface area contributed by atoms with Crippen molar-refractivity contribution >= 4 is 35.4 Å². The van der Waals surface area contributed by atoms with Gasteiger partial charge in [-0.05, 0) is 17.7 Å². The summed E-state index contributed by atoms with van der Waals surface area (Å²) in [4.78, 5) is 13.1. The number of hydrogen-bond donors (Lipinski definition) is 1. The molecule has 0 spiro atoms. The molecule has 0 radical (unpaired) electrons. The molecule has 0 bridgehead atoms. The van der Waals surface area contributed by atoms with Gasteiger partial charge in [0.2, 0.25) is 0 Å². The van der Waals surface area contributed by atoms with Crippen molar-refractivity contribution in [3.63, 3.8) is 0 Å². The van der Waals surface area contributed by atoms with Crippen molar-refractivity contribution in [1.29, 1.82) is 0 Å². The Balaban J connectivity index is 1.83. The van der Waals surface area contributed by atoms with Crippen LogP contribution in [-0.2, 0) is 6.54 Å². The first-order chi connectivity index (χ1) is 12.7. The van der Waals surface area contributed by atoms with Crippen LogP contribution in [0.2, 0.25) is 5.15 Å². The van der Waals surface area contributed by atoms with Crippen molar-refractivity contribution in [2.45, 2.75) is 57.0 Å². The Bertz CT molecular complexity index is 692. The molecule has 1 aromatic carbocycles. The number of unbranched alkanes of at least 4 members (excludes halogenated alkanes) is 5. The van der Waals surface area contributed by atoms with Gasteiger partial charge in [0.05, 0.1) is 12.8 Å². The highest BCUT2D eigenvalue weighted by Gasteiger charge is 2.09. The quantitative estimate of drug-likeness (QED) is 0.300. The molecular formula is C20H27ClN4S. The van der Waals surface area contributed by atoms with Gasteiger partial charge >= 0.3 is 0 Å². The van der Waals surface area contributed by atoms with Crippen LogP contribution in [0.5, 0.6) is 0 Å². The van der Waals surface area contributed by atoms with Crippen molar-refractivity contribution < 1.29 is 0 Å². The predicted molar refractivity (Wildman–Crippen MR) is 113 cm³/mol. The SMILES string of the molecule is CCCCCCCCSc1nc(N)c(/C=N/Cc2ccccc2)nc1Cl. The maximum Gasteiger partial charge on any atom is 0.162 e. The van der Waals surface area contributed by atoms with Crippen LogP contribution in [0.15, 0.2) is 40.4 Å². The second kappa shape index (κ2) is 11.9. The summed E-state index contributed by atoms with van der Waals surface area (Å²) < 4.78 is 0. The molecular weight excluding hydrogens is 364 g/mol. The molecule has 2 rings (SSSR count). The largest absolute Gasteiger partial charge is 0.382 e. The van der Waals surface area contributed by atoms with Gasteiger partial charge in [-0.25, -0.2) is 9.97 Å². The van der Waals surface area contributed by atoms with Crippen molar-refractivity contribution in [1.82, 2.24) is 9.97 Å². The van der Waals surface area contributed by atoms with Crippen LogP contribution >= 0.6 is 23.4 Å². The molecule has 0 saturated carbocycles. The maximum absolute atomic E-state index is 6.27. The lowest BCUT2D eigenvalue weighted by Gasteiger charge is -2.06. The molecule has 1 aromatic heterocycles. The van der Waals surface area contributed by atoms with E-state index in [9.17, 15) is 0 Å². The van der Waals surface area contributed by atoms with Gasteiger partial charge in [0.25, 0.3) is 0 Å². The molecule has 0 aliphatic rings. The number of aliphatic imine (C=N–C) groups is 1. The second-order valence-electron chi connectivity index (χ2n) is 6.16. The third-order valence-electron chi connectivity index (χ3n) is 3.95. The lowest BCUT2D eigenvalue weighted by atomic mass is 10.1. The number of halogens is 1. The first kappa shape index (κ1) is 20.7. The van der Waals surface area contributed by atoms with E-state index in [4.69, 9.17) is 17.3 Å². The van der Waals surface area contributed by atoms with Crippen LogP contribution < -0.4 is 5.73 Å². The normalized spacial score (nSPS) is 11.3. The van der Waals surface area contributed by atoms with Crippen LogP contribution in [-0.4, -0.2) is 21.9 Å². The van der Waals surface area contributed by atoms with Crippen LogP contribution in [0.3, 0.4) is 0 Å². The third kappa shape index (κ3) is 7.34. The molecule has 0 aliphatic carbocycles. The number of nitrogens with two attached hydrogens (primary N) is 1. The maximum atomic E-state index is 6.27. The minimum Gasteiger partial charge on any atom is -0.382 e. The molecule has 0 atom stereocenters. The van der Waals surface area contributed by atoms with E-state index in [1.807, 2.05) is 30.3 Å². The second-order valence-corrected chi connectivity index (χ2v) is 7.60. The number of nitrogens with zero attached hydrogens (tertiary/aromatic N) is 3. The van der Waals surface area contributed by atoms with Gasteiger partial charge in [-0.3, -0.25) is 4.99 Å². The standard InChI is InChI=1S/C20H27ClN4S/c1-2-3-4-5-6-10-13-26-20-18(21)24-17(19(22)25-20)15-23-14-16-11-8-7-9-12-16/h7-9,11-12,15H,2-6,10,13-14H2,1H3,(H2,22,25)/b23-15+. The summed E-state index contributed by atoms with van der Waals surface area (Å²) in [5.74, 6) is 1.36. The van der Waals surface area contributed by atoms with E-state index in [0.717, 1.165) is 17.7 Å². The molecule has 26 heavy (non-hydrogen) atoms. The summed E-state index contributed by atoms with van der Waals surface area (Å²) in [5, 5.41) is 1.11. The Morgan fingerprint density at radius 3 is 2.58 bits per heavy atom. The van der Waals surface area contributed by atoms with Gasteiger partial charge in [-0.2, -0.15) is 0 Å². The van der Waals surface area contributed by atoms with E-state index in [0.29, 0.717) is 28.2 Å². The molecule has 0 saturated heterocycles. The summed E-state index contributed by atoms with van der Waals surface area (Å²) in [5.41, 5.74) is 7.67. The first-order valence-corrected chi connectivity index (χ1v) is 10.6. The zero-order valence-corrected chi connectivity index (χ0v) is 16.9. The van der Waals surface area contributed by atoms with E-state index in [1.54, 1.807) is 18.0 Å². The summed E-state index contributed by atoms with van der Waals surface area (Å²) in [6.45, 7) is 2.81. The Labute approximate surface area is 165 Å². The fraction of sp³-hybridized carbons (Fsp3) is 0.450. The van der Waals surface area contributed by atoms with Gasteiger partial charge in [-0.1, -0.05) is 81.0 Å². The average Bonchev–Trinajstić information content (AvgIpc) is 2.65. The molecule has 1 heterocycles. The van der Waals surface area contributed by atoms with E-state index in [1.165, 1.54) is 32.1 Å². The Morgan fingerprint density at radius 2 is 1.81 bits per heavy atom. The van der Waals surface area contributed by atoms with Crippen molar-refractivity contribution in [2.75, 3.05) is 11.5 Å². The Morgan fingerprint density at radius 1 is 1.08 bits per heavy atom. The number of benzene rings is 1. The van der Waals surface area contributed by atoms with Crippen molar-refractivity contribution in [2.24, 2.45) is 4.99 Å². The van der Waals surface area contributed by atoms with E-state index >= 15 is 0 Å². The Kier molecular flexibility index (Phi) is 9.50. The summed E-state index contributed by atoms with van der Waals surface area (Å²) in [6, 6.07) is 10.0. The number of thioether (sulfide) groups is 1. The lowest BCUT2D eigenvalue weighted by molar-refractivity contribution is 0.627. The number of aromatic nitrogens is 2. The van der Waals surface area contributed by atoms with Crippen molar-refractivity contribution in [3.05, 3.63) is 46.7 Å². The summed E-state index contributed by atoms with van der Waals surface area (Å²) >= 11 is 7.89. The first-order valence-electron chi connectivity index (χ1n) is 9.20. The van der Waals surface area contributed by atoms with Crippen LogP contribution in [0, 0.1) is 0 Å². The fourth-order valence-corrected chi connectivity index (χ4v) is 3.65. The summed E-state index contributed by atoms with van der Waals surface area (Å²) in [7, 11) is 0. The topological polar surface area (TPSA) is 64.2 Å². The van der Waals surface area contributed by atoms with Gasteiger partial charge in [-0.15, -0.1) is 11.8 Å². The van der Waals surface area contributed by atoms with Crippen LogP contribution in [0.4, 0.5) is 5.82 Å². The van der Waals surface area contributed by atoms with Crippen LogP contribution in [0.1, 0.15) is 56.7 Å². The number of rotatable bonds is 11. The predicted octanol–water partition coefficient (Wildman–Crippen LogP) is 5.78. The third-order valence-corrected chi connectivity index (χ3v) is 5.37. The molecule has 2 N–H and O–H groups in total. The van der Waals surface area contributed by atoms with E-state index in [2.05, 4.69) is 21.9 Å². The highest BCUT2D eigenvalue weighted by atomic mass is 35.5. The number of nitrogen functional groups attached to an aromatic ring is 1. The van der Waals surface area contributed by atoms with Gasteiger partial charge in [0.1, 0.15) is 10.7 Å². The summed E-state index contributed by atoms with van der Waals surface area (Å²) in [6.07, 6.45) is 9.28. The molecule has 140 valence electrons. The molecule has 6 heteroatoms. The van der Waals surface area contributed by atoms with Crippen molar-refractivity contribution in [3.8, 4) is 0 Å². The molecule has 0 aliphatic heterocycles. The zero-order chi connectivity index (χ0) is 18.6. The highest BCUT2D eigenvalue weighted by Crippen LogP contribution is 2.26. The van der Waals surface area contributed by atoms with Crippen LogP contribution in [0.25, 0.3) is 0 Å². The highest BCUT2D eigenvalue weighted by molar-refractivity contribution is 7.99. The fourth-order valence-electron chi connectivity index (χ4n) is 2.48. The smallest absolute Gasteiger partial charge is 0.162 e. The monoisotopic (exact) mass is 390 g/mol. The number of anilines is 1. The van der Waals surface area contributed by atoms with Gasteiger partial charge in [0.15, 0.2) is 11.0 Å². The van der Waals surface area contributed by atoms with Gasteiger partial charge in [0, 0.05) is 0 Å². The molecule has 2 aromatic rings. The number of hydrogen-bond acceptors (Lipinski definition) is 5. The molecule has 4 nitrogen and oxygen atoms in total. The Hall–Kier alpha value is -1.59. The molecule has 0 fully saturated rings. The lowest BCUT2D eigenvalue weighted by Crippen LogP contribution is -2.03. The molecule has 0 unspecified atom stereocenters. The van der Waals surface area contributed by atoms with E-state index in [-0.39, 0.29) is 0 Å².